The molecule has 0 saturated carbocycles. The quantitative estimate of drug-likeness (QED) is 0.644. The van der Waals surface area contributed by atoms with Gasteiger partial charge in [0.2, 0.25) is 0 Å². The van der Waals surface area contributed by atoms with Crippen LogP contribution in [0.4, 0.5) is 24.5 Å². The molecule has 28 heavy (non-hydrogen) atoms. The van der Waals surface area contributed by atoms with Gasteiger partial charge in [-0.05, 0) is 42.8 Å². The zero-order chi connectivity index (χ0) is 20.1. The van der Waals surface area contributed by atoms with Crippen molar-refractivity contribution in [1.82, 2.24) is 10.3 Å². The van der Waals surface area contributed by atoms with E-state index in [-0.39, 0.29) is 17.3 Å². The van der Waals surface area contributed by atoms with E-state index in [0.29, 0.717) is 12.2 Å². The van der Waals surface area contributed by atoms with E-state index in [4.69, 9.17) is 0 Å². The number of aromatic nitrogens is 1. The van der Waals surface area contributed by atoms with Crippen LogP contribution >= 0.6 is 0 Å². The Balaban J connectivity index is 1.69. The third kappa shape index (κ3) is 5.09. The Labute approximate surface area is 160 Å². The molecular weight excluding hydrogens is 367 g/mol. The Kier molecular flexibility index (Phi) is 5.63. The molecule has 1 aromatic heterocycles. The summed E-state index contributed by atoms with van der Waals surface area (Å²) in [6.07, 6.45) is -2.99. The van der Waals surface area contributed by atoms with Crippen LogP contribution in [-0.4, -0.2) is 10.9 Å². The first-order chi connectivity index (χ1) is 13.3. The Morgan fingerprint density at radius 2 is 1.75 bits per heavy atom. The normalized spacial score (nSPS) is 11.1. The molecule has 0 saturated heterocycles. The van der Waals surface area contributed by atoms with Gasteiger partial charge in [0.25, 0.3) is 5.91 Å². The second-order valence-electron chi connectivity index (χ2n) is 6.31. The maximum atomic E-state index is 12.8. The summed E-state index contributed by atoms with van der Waals surface area (Å²) >= 11 is 0. The molecule has 0 unspecified atom stereocenters. The summed E-state index contributed by atoms with van der Waals surface area (Å²) in [6, 6.07) is 15.7. The molecule has 1 heterocycles. The van der Waals surface area contributed by atoms with Crippen LogP contribution in [0.25, 0.3) is 0 Å². The fourth-order valence-corrected chi connectivity index (χ4v) is 2.67. The van der Waals surface area contributed by atoms with Gasteiger partial charge >= 0.3 is 6.18 Å². The predicted octanol–water partition coefficient (Wildman–Crippen LogP) is 5.08. The SMILES string of the molecule is Cc1cccc(CNC(=O)c2cc(Nc3cccc(C(F)(F)F)c3)ccn2)c1. The van der Waals surface area contributed by atoms with Gasteiger partial charge in [-0.3, -0.25) is 9.78 Å². The number of hydrogen-bond donors (Lipinski definition) is 2. The monoisotopic (exact) mass is 385 g/mol. The molecule has 0 fully saturated rings. The number of hydrogen-bond acceptors (Lipinski definition) is 3. The van der Waals surface area contributed by atoms with Crippen molar-refractivity contribution in [3.63, 3.8) is 0 Å². The molecule has 0 atom stereocenters. The van der Waals surface area contributed by atoms with E-state index in [1.165, 1.54) is 24.4 Å². The molecular formula is C21H18F3N3O. The van der Waals surface area contributed by atoms with Crippen molar-refractivity contribution in [3.8, 4) is 0 Å². The van der Waals surface area contributed by atoms with Gasteiger partial charge < -0.3 is 10.6 Å². The first kappa shape index (κ1) is 19.4. The molecule has 4 nitrogen and oxygen atoms in total. The summed E-state index contributed by atoms with van der Waals surface area (Å²) in [7, 11) is 0. The number of aryl methyl sites for hydroxylation is 1. The van der Waals surface area contributed by atoms with Crippen LogP contribution in [0.5, 0.6) is 0 Å². The third-order valence-electron chi connectivity index (χ3n) is 4.01. The number of carbonyl (C=O) groups is 1. The van der Waals surface area contributed by atoms with Crippen molar-refractivity contribution >= 4 is 17.3 Å². The van der Waals surface area contributed by atoms with E-state index in [1.54, 1.807) is 6.07 Å². The van der Waals surface area contributed by atoms with Gasteiger partial charge in [-0.25, -0.2) is 0 Å². The van der Waals surface area contributed by atoms with Crippen LogP contribution in [-0.2, 0) is 12.7 Å². The second kappa shape index (κ2) is 8.12. The fourth-order valence-electron chi connectivity index (χ4n) is 2.67. The number of halogens is 3. The highest BCUT2D eigenvalue weighted by Gasteiger charge is 2.30. The summed E-state index contributed by atoms with van der Waals surface area (Å²) in [4.78, 5) is 16.4. The van der Waals surface area contributed by atoms with E-state index in [1.807, 2.05) is 31.2 Å². The topological polar surface area (TPSA) is 54.0 Å². The number of carbonyl (C=O) groups excluding carboxylic acids is 1. The van der Waals surface area contributed by atoms with Gasteiger partial charge in [0.15, 0.2) is 0 Å². The lowest BCUT2D eigenvalue weighted by Gasteiger charge is -2.11. The first-order valence-corrected chi connectivity index (χ1v) is 8.55. The van der Waals surface area contributed by atoms with Crippen LogP contribution in [0.3, 0.4) is 0 Å². The molecule has 7 heteroatoms. The van der Waals surface area contributed by atoms with Crippen LogP contribution < -0.4 is 10.6 Å². The van der Waals surface area contributed by atoms with Gasteiger partial charge in [-0.2, -0.15) is 13.2 Å². The number of alkyl halides is 3. The van der Waals surface area contributed by atoms with Crippen molar-refractivity contribution in [3.05, 3.63) is 89.2 Å². The Bertz CT molecular complexity index is 986. The second-order valence-corrected chi connectivity index (χ2v) is 6.31. The van der Waals surface area contributed by atoms with Crippen molar-refractivity contribution in [2.24, 2.45) is 0 Å². The minimum atomic E-state index is -4.42. The lowest BCUT2D eigenvalue weighted by atomic mass is 10.1. The molecule has 0 radical (unpaired) electrons. The highest BCUT2D eigenvalue weighted by atomic mass is 19.4. The number of nitrogens with one attached hydrogen (secondary N) is 2. The first-order valence-electron chi connectivity index (χ1n) is 8.55. The molecule has 2 N–H and O–H groups in total. The van der Waals surface area contributed by atoms with E-state index < -0.39 is 11.7 Å². The maximum Gasteiger partial charge on any atom is 0.416 e. The fraction of sp³-hybridized carbons (Fsp3) is 0.143. The molecule has 144 valence electrons. The molecule has 2 aromatic carbocycles. The standard InChI is InChI=1S/C21H18F3N3O/c1-14-4-2-5-15(10-14)13-26-20(28)19-12-18(8-9-25-19)27-17-7-3-6-16(11-17)21(22,23)24/h2-12H,13H2,1H3,(H,25,27)(H,26,28). The lowest BCUT2D eigenvalue weighted by Crippen LogP contribution is -2.23. The van der Waals surface area contributed by atoms with E-state index >= 15 is 0 Å². The molecule has 1 amide bonds. The van der Waals surface area contributed by atoms with Gasteiger partial charge in [0.05, 0.1) is 5.56 Å². The zero-order valence-corrected chi connectivity index (χ0v) is 15.0. The Hall–Kier alpha value is -3.35. The van der Waals surface area contributed by atoms with Crippen molar-refractivity contribution in [2.45, 2.75) is 19.6 Å². The minimum absolute atomic E-state index is 0.171. The molecule has 0 aliphatic rings. The number of anilines is 2. The van der Waals surface area contributed by atoms with Crippen LogP contribution in [0.15, 0.2) is 66.9 Å². The molecule has 3 aromatic rings. The van der Waals surface area contributed by atoms with Crippen molar-refractivity contribution in [2.75, 3.05) is 5.32 Å². The smallest absolute Gasteiger partial charge is 0.355 e. The van der Waals surface area contributed by atoms with Gasteiger partial charge in [0, 0.05) is 24.1 Å². The number of nitrogens with zero attached hydrogens (tertiary/aromatic N) is 1. The molecule has 0 aliphatic carbocycles. The summed E-state index contributed by atoms with van der Waals surface area (Å²) in [5.41, 5.74) is 2.22. The van der Waals surface area contributed by atoms with Crippen molar-refractivity contribution < 1.29 is 18.0 Å². The highest BCUT2D eigenvalue weighted by Crippen LogP contribution is 2.31. The summed E-state index contributed by atoms with van der Waals surface area (Å²) < 4.78 is 38.5. The highest BCUT2D eigenvalue weighted by molar-refractivity contribution is 5.93. The van der Waals surface area contributed by atoms with E-state index in [0.717, 1.165) is 23.3 Å². The summed E-state index contributed by atoms with van der Waals surface area (Å²) in [6.45, 7) is 2.32. The largest absolute Gasteiger partial charge is 0.416 e. The van der Waals surface area contributed by atoms with E-state index in [9.17, 15) is 18.0 Å². The number of benzene rings is 2. The van der Waals surface area contributed by atoms with Crippen LogP contribution in [0.1, 0.15) is 27.2 Å². The third-order valence-corrected chi connectivity index (χ3v) is 4.01. The average Bonchev–Trinajstić information content (AvgIpc) is 2.66. The van der Waals surface area contributed by atoms with Gasteiger partial charge in [0.1, 0.15) is 5.69 Å². The Morgan fingerprint density at radius 1 is 1.00 bits per heavy atom. The minimum Gasteiger partial charge on any atom is -0.355 e. The van der Waals surface area contributed by atoms with Gasteiger partial charge in [-0.15, -0.1) is 0 Å². The zero-order valence-electron chi connectivity index (χ0n) is 15.0. The predicted molar refractivity (Wildman–Crippen MR) is 101 cm³/mol. The molecule has 3 rings (SSSR count). The van der Waals surface area contributed by atoms with E-state index in [2.05, 4.69) is 15.6 Å². The maximum absolute atomic E-state index is 12.8. The average molecular weight is 385 g/mol. The summed E-state index contributed by atoms with van der Waals surface area (Å²) in [5.74, 6) is -0.366. The Morgan fingerprint density at radius 3 is 2.50 bits per heavy atom. The summed E-state index contributed by atoms with van der Waals surface area (Å²) in [5, 5.41) is 5.66. The number of rotatable bonds is 5. The number of amides is 1. The number of pyridine rings is 1. The molecule has 0 aliphatic heterocycles. The molecule has 0 bridgehead atoms. The lowest BCUT2D eigenvalue weighted by molar-refractivity contribution is -0.137. The molecule has 0 spiro atoms. The van der Waals surface area contributed by atoms with Crippen LogP contribution in [0, 0.1) is 6.92 Å². The van der Waals surface area contributed by atoms with Crippen molar-refractivity contribution in [1.29, 1.82) is 0 Å². The van der Waals surface area contributed by atoms with Gasteiger partial charge in [-0.1, -0.05) is 35.9 Å². The van der Waals surface area contributed by atoms with Crippen LogP contribution in [0.2, 0.25) is 0 Å².